The highest BCUT2D eigenvalue weighted by atomic mass is 79.9. The first-order valence-corrected chi connectivity index (χ1v) is 8.77. The number of primary amides is 1. The Morgan fingerprint density at radius 2 is 1.78 bits per heavy atom. The lowest BCUT2D eigenvalue weighted by Crippen LogP contribution is -2.51. The molecule has 3 unspecified atom stereocenters. The van der Waals surface area contributed by atoms with Gasteiger partial charge in [-0.25, -0.2) is 10.9 Å². The number of carbonyl (C=O) groups excluding carboxylic acids is 2. The summed E-state index contributed by atoms with van der Waals surface area (Å²) < 4.78 is 0. The number of likely N-dealkylation sites (tertiary alicyclic amines) is 1. The second-order valence-electron chi connectivity index (χ2n) is 6.10. The van der Waals surface area contributed by atoms with E-state index in [1.807, 2.05) is 35.2 Å². The van der Waals surface area contributed by atoms with E-state index in [1.165, 1.54) is 0 Å². The molecule has 2 aliphatic heterocycles. The van der Waals surface area contributed by atoms with Crippen LogP contribution in [-0.4, -0.2) is 40.7 Å². The molecule has 124 valence electrons. The standard InChI is InChI=1S/C16H21BrN4O2/c17-12-13(10-4-2-1-3-5-10)19-20-14(12)16(23)21-8-6-11(7-9-21)15(18)22/h1-5,11-14,19-20H,6-9H2,(H2,18,22). The maximum Gasteiger partial charge on any atom is 0.242 e. The van der Waals surface area contributed by atoms with E-state index in [-0.39, 0.29) is 34.6 Å². The summed E-state index contributed by atoms with van der Waals surface area (Å²) in [5.41, 5.74) is 12.8. The van der Waals surface area contributed by atoms with E-state index in [2.05, 4.69) is 26.8 Å². The minimum atomic E-state index is -0.328. The molecule has 0 aliphatic carbocycles. The van der Waals surface area contributed by atoms with Crippen LogP contribution < -0.4 is 16.6 Å². The summed E-state index contributed by atoms with van der Waals surface area (Å²) in [4.78, 5) is 25.8. The Morgan fingerprint density at radius 1 is 1.13 bits per heavy atom. The van der Waals surface area contributed by atoms with E-state index in [1.54, 1.807) is 0 Å². The molecular weight excluding hydrogens is 360 g/mol. The van der Waals surface area contributed by atoms with Gasteiger partial charge in [0, 0.05) is 19.0 Å². The van der Waals surface area contributed by atoms with E-state index in [4.69, 9.17) is 5.73 Å². The number of piperidine rings is 1. The first-order chi connectivity index (χ1) is 11.1. The van der Waals surface area contributed by atoms with E-state index >= 15 is 0 Å². The molecule has 23 heavy (non-hydrogen) atoms. The number of rotatable bonds is 3. The van der Waals surface area contributed by atoms with Crippen molar-refractivity contribution in [2.45, 2.75) is 29.8 Å². The van der Waals surface area contributed by atoms with Gasteiger partial charge in [-0.15, -0.1) is 0 Å². The lowest BCUT2D eigenvalue weighted by atomic mass is 9.95. The monoisotopic (exact) mass is 380 g/mol. The number of benzene rings is 1. The van der Waals surface area contributed by atoms with Crippen LogP contribution in [0.2, 0.25) is 0 Å². The van der Waals surface area contributed by atoms with Crippen LogP contribution in [0.4, 0.5) is 0 Å². The van der Waals surface area contributed by atoms with Crippen molar-refractivity contribution >= 4 is 27.7 Å². The molecule has 4 N–H and O–H groups in total. The van der Waals surface area contributed by atoms with Crippen molar-refractivity contribution in [1.29, 1.82) is 0 Å². The highest BCUT2D eigenvalue weighted by molar-refractivity contribution is 9.09. The molecule has 2 saturated heterocycles. The largest absolute Gasteiger partial charge is 0.369 e. The lowest BCUT2D eigenvalue weighted by molar-refractivity contribution is -0.136. The average molecular weight is 381 g/mol. The summed E-state index contributed by atoms with van der Waals surface area (Å²) in [5, 5.41) is 0. The third kappa shape index (κ3) is 3.41. The molecule has 6 nitrogen and oxygen atoms in total. The number of hydrogen-bond acceptors (Lipinski definition) is 4. The van der Waals surface area contributed by atoms with Crippen molar-refractivity contribution in [2.24, 2.45) is 11.7 Å². The number of amides is 2. The van der Waals surface area contributed by atoms with Gasteiger partial charge in [0.2, 0.25) is 11.8 Å². The fourth-order valence-corrected chi connectivity index (χ4v) is 4.03. The van der Waals surface area contributed by atoms with Crippen molar-refractivity contribution in [3.8, 4) is 0 Å². The smallest absolute Gasteiger partial charge is 0.242 e. The van der Waals surface area contributed by atoms with E-state index in [0.717, 1.165) is 5.56 Å². The summed E-state index contributed by atoms with van der Waals surface area (Å²) >= 11 is 3.66. The van der Waals surface area contributed by atoms with Crippen LogP contribution in [0.3, 0.4) is 0 Å². The number of hydrogen-bond donors (Lipinski definition) is 3. The van der Waals surface area contributed by atoms with Gasteiger partial charge in [0.25, 0.3) is 0 Å². The van der Waals surface area contributed by atoms with Gasteiger partial charge in [-0.2, -0.15) is 0 Å². The van der Waals surface area contributed by atoms with Gasteiger partial charge >= 0.3 is 0 Å². The average Bonchev–Trinajstić information content (AvgIpc) is 2.96. The summed E-state index contributed by atoms with van der Waals surface area (Å²) in [6.45, 7) is 1.17. The number of hydrazine groups is 1. The van der Waals surface area contributed by atoms with Crippen LogP contribution >= 0.6 is 15.9 Å². The number of nitrogens with two attached hydrogens (primary N) is 1. The second-order valence-corrected chi connectivity index (χ2v) is 7.16. The summed E-state index contributed by atoms with van der Waals surface area (Å²) in [6, 6.07) is 9.73. The first kappa shape index (κ1) is 16.4. The Bertz CT molecular complexity index is 575. The van der Waals surface area contributed by atoms with Gasteiger partial charge in [0.15, 0.2) is 0 Å². The minimum Gasteiger partial charge on any atom is -0.369 e. The maximum absolute atomic E-state index is 12.7. The molecule has 0 spiro atoms. The quantitative estimate of drug-likeness (QED) is 0.673. The third-order valence-corrected chi connectivity index (χ3v) is 5.72. The van der Waals surface area contributed by atoms with Crippen LogP contribution in [0, 0.1) is 5.92 Å². The van der Waals surface area contributed by atoms with Gasteiger partial charge in [-0.1, -0.05) is 46.3 Å². The molecule has 2 amide bonds. The lowest BCUT2D eigenvalue weighted by Gasteiger charge is -2.33. The SMILES string of the molecule is NC(=O)C1CCN(C(=O)C2NNC(c3ccccc3)C2Br)CC1. The fourth-order valence-electron chi connectivity index (χ4n) is 3.24. The Labute approximate surface area is 143 Å². The third-order valence-electron chi connectivity index (χ3n) is 4.66. The van der Waals surface area contributed by atoms with Crippen molar-refractivity contribution in [2.75, 3.05) is 13.1 Å². The van der Waals surface area contributed by atoms with Crippen LogP contribution in [0.15, 0.2) is 30.3 Å². The second kappa shape index (κ2) is 6.98. The van der Waals surface area contributed by atoms with Crippen LogP contribution in [0.5, 0.6) is 0 Å². The summed E-state index contributed by atoms with van der Waals surface area (Å²) in [6.07, 6.45) is 1.30. The van der Waals surface area contributed by atoms with Crippen LogP contribution in [0.25, 0.3) is 0 Å². The zero-order chi connectivity index (χ0) is 16.4. The maximum atomic E-state index is 12.7. The zero-order valence-corrected chi connectivity index (χ0v) is 14.3. The van der Waals surface area contributed by atoms with Gasteiger partial charge < -0.3 is 10.6 Å². The molecule has 2 aliphatic rings. The van der Waals surface area contributed by atoms with Gasteiger partial charge in [-0.3, -0.25) is 9.59 Å². The zero-order valence-electron chi connectivity index (χ0n) is 12.7. The van der Waals surface area contributed by atoms with Crippen LogP contribution in [-0.2, 0) is 9.59 Å². The van der Waals surface area contributed by atoms with Crippen molar-refractivity contribution < 1.29 is 9.59 Å². The Balaban J connectivity index is 1.62. The molecular formula is C16H21BrN4O2. The molecule has 0 radical (unpaired) electrons. The van der Waals surface area contributed by atoms with Gasteiger partial charge in [0.1, 0.15) is 6.04 Å². The van der Waals surface area contributed by atoms with Gasteiger partial charge in [0.05, 0.1) is 10.9 Å². The number of alkyl halides is 1. The number of halogens is 1. The molecule has 2 heterocycles. The van der Waals surface area contributed by atoms with Crippen molar-refractivity contribution in [3.63, 3.8) is 0 Å². The Kier molecular flexibility index (Phi) is 4.99. The number of carbonyl (C=O) groups is 2. The van der Waals surface area contributed by atoms with Crippen LogP contribution in [0.1, 0.15) is 24.4 Å². The predicted molar refractivity (Wildman–Crippen MR) is 90.5 cm³/mol. The minimum absolute atomic E-state index is 0.0355. The molecule has 2 fully saturated rings. The Morgan fingerprint density at radius 3 is 2.39 bits per heavy atom. The highest BCUT2D eigenvalue weighted by Crippen LogP contribution is 2.30. The van der Waals surface area contributed by atoms with E-state index in [0.29, 0.717) is 25.9 Å². The summed E-state index contributed by atoms with van der Waals surface area (Å²) in [5.74, 6) is -0.313. The number of nitrogens with zero attached hydrogens (tertiary/aromatic N) is 1. The fraction of sp³-hybridized carbons (Fsp3) is 0.500. The van der Waals surface area contributed by atoms with Crippen molar-refractivity contribution in [1.82, 2.24) is 15.8 Å². The molecule has 0 saturated carbocycles. The van der Waals surface area contributed by atoms with E-state index < -0.39 is 0 Å². The molecule has 0 aromatic heterocycles. The topological polar surface area (TPSA) is 87.5 Å². The Hall–Kier alpha value is -1.44. The summed E-state index contributed by atoms with van der Waals surface area (Å²) in [7, 11) is 0. The highest BCUT2D eigenvalue weighted by Gasteiger charge is 2.41. The normalized spacial score (nSPS) is 28.7. The predicted octanol–water partition coefficient (Wildman–Crippen LogP) is 0.692. The van der Waals surface area contributed by atoms with Gasteiger partial charge in [-0.05, 0) is 18.4 Å². The molecule has 1 aromatic rings. The number of nitrogens with one attached hydrogen (secondary N) is 2. The molecule has 3 atom stereocenters. The first-order valence-electron chi connectivity index (χ1n) is 7.86. The molecule has 7 heteroatoms. The van der Waals surface area contributed by atoms with E-state index in [9.17, 15) is 9.59 Å². The molecule has 3 rings (SSSR count). The van der Waals surface area contributed by atoms with Crippen molar-refractivity contribution in [3.05, 3.63) is 35.9 Å². The molecule has 1 aromatic carbocycles. The molecule has 0 bridgehead atoms.